The topological polar surface area (TPSA) is 156 Å². The Kier molecular flexibility index (Phi) is 12.3. The third-order valence-corrected chi connectivity index (χ3v) is 9.85. The fourth-order valence-corrected chi connectivity index (χ4v) is 7.13. The van der Waals surface area contributed by atoms with Crippen LogP contribution in [-0.4, -0.2) is 39.0 Å². The SMILES string of the molecule is NC(CC[C@H](NC(=O)c1ccc(CNCc2ccccn2)c2ccccc12)C(=O)O)[C@@H]1CCCc2cccnc21.NCc1cccc2ccccc12. The number of hydrogen-bond acceptors (Lipinski definition) is 7. The van der Waals surface area contributed by atoms with Gasteiger partial charge in [-0.2, -0.15) is 0 Å². The van der Waals surface area contributed by atoms with Gasteiger partial charge < -0.3 is 27.2 Å². The van der Waals surface area contributed by atoms with Crippen molar-refractivity contribution in [3.05, 3.63) is 155 Å². The quantitative estimate of drug-likeness (QED) is 0.0956. The fraction of sp³-hybridized carbons (Fsp3) is 0.256. The van der Waals surface area contributed by atoms with Gasteiger partial charge in [-0.25, -0.2) is 4.79 Å². The van der Waals surface area contributed by atoms with Crippen molar-refractivity contribution < 1.29 is 14.7 Å². The summed E-state index contributed by atoms with van der Waals surface area (Å²) >= 11 is 0. The van der Waals surface area contributed by atoms with Crippen molar-refractivity contribution in [3.63, 3.8) is 0 Å². The highest BCUT2D eigenvalue weighted by Crippen LogP contribution is 2.33. The van der Waals surface area contributed by atoms with Gasteiger partial charge in [-0.05, 0) is 94.6 Å². The Morgan fingerprint density at radius 3 is 2.31 bits per heavy atom. The smallest absolute Gasteiger partial charge is 0.326 e. The van der Waals surface area contributed by atoms with Crippen molar-refractivity contribution in [1.82, 2.24) is 20.6 Å². The molecule has 0 fully saturated rings. The summed E-state index contributed by atoms with van der Waals surface area (Å²) in [6, 6.07) is 34.5. The first-order chi connectivity index (χ1) is 25.4. The lowest BCUT2D eigenvalue weighted by molar-refractivity contribution is -0.139. The maximum Gasteiger partial charge on any atom is 0.326 e. The molecule has 6 aromatic rings. The molecule has 4 aromatic carbocycles. The summed E-state index contributed by atoms with van der Waals surface area (Å²) in [4.78, 5) is 34.4. The lowest BCUT2D eigenvalue weighted by atomic mass is 9.80. The van der Waals surface area contributed by atoms with E-state index in [0.717, 1.165) is 47.0 Å². The molecule has 1 unspecified atom stereocenters. The molecule has 266 valence electrons. The van der Waals surface area contributed by atoms with E-state index in [-0.39, 0.29) is 18.4 Å². The summed E-state index contributed by atoms with van der Waals surface area (Å²) in [7, 11) is 0. The molecule has 3 atom stereocenters. The predicted octanol–water partition coefficient (Wildman–Crippen LogP) is 6.63. The van der Waals surface area contributed by atoms with Crippen LogP contribution in [0.25, 0.3) is 21.5 Å². The Morgan fingerprint density at radius 2 is 1.52 bits per heavy atom. The second-order valence-corrected chi connectivity index (χ2v) is 13.2. The molecule has 2 heterocycles. The van der Waals surface area contributed by atoms with E-state index >= 15 is 0 Å². The summed E-state index contributed by atoms with van der Waals surface area (Å²) in [5.41, 5.74) is 18.1. The van der Waals surface area contributed by atoms with Crippen molar-refractivity contribution >= 4 is 33.4 Å². The van der Waals surface area contributed by atoms with E-state index in [1.165, 1.54) is 21.9 Å². The largest absolute Gasteiger partial charge is 0.480 e. The highest BCUT2D eigenvalue weighted by atomic mass is 16.4. The third-order valence-electron chi connectivity index (χ3n) is 9.85. The molecule has 52 heavy (non-hydrogen) atoms. The van der Waals surface area contributed by atoms with Gasteiger partial charge in [0.05, 0.1) is 5.69 Å². The van der Waals surface area contributed by atoms with Gasteiger partial charge in [0.15, 0.2) is 0 Å². The summed E-state index contributed by atoms with van der Waals surface area (Å²) < 4.78 is 0. The van der Waals surface area contributed by atoms with Crippen LogP contribution in [0.5, 0.6) is 0 Å². The minimum atomic E-state index is -1.07. The number of fused-ring (bicyclic) bond motifs is 3. The minimum Gasteiger partial charge on any atom is -0.480 e. The number of rotatable bonds is 12. The molecule has 7 rings (SSSR count). The monoisotopic (exact) mass is 694 g/mol. The predicted molar refractivity (Wildman–Crippen MR) is 207 cm³/mol. The van der Waals surface area contributed by atoms with Gasteiger partial charge in [0.25, 0.3) is 5.91 Å². The molecule has 0 bridgehead atoms. The number of amides is 1. The highest BCUT2D eigenvalue weighted by molar-refractivity contribution is 6.08. The molecule has 0 spiro atoms. The number of benzene rings is 4. The lowest BCUT2D eigenvalue weighted by Crippen LogP contribution is -2.42. The van der Waals surface area contributed by atoms with Crippen LogP contribution < -0.4 is 22.1 Å². The van der Waals surface area contributed by atoms with Gasteiger partial charge in [-0.15, -0.1) is 0 Å². The number of hydrogen-bond donors (Lipinski definition) is 5. The zero-order valence-corrected chi connectivity index (χ0v) is 29.2. The normalized spacial score (nSPS) is 14.8. The van der Waals surface area contributed by atoms with Gasteiger partial charge in [0.1, 0.15) is 6.04 Å². The Labute approximate surface area is 304 Å². The maximum absolute atomic E-state index is 13.4. The number of nitrogens with zero attached hydrogens (tertiary/aromatic N) is 2. The van der Waals surface area contributed by atoms with Crippen molar-refractivity contribution in [2.75, 3.05) is 0 Å². The summed E-state index contributed by atoms with van der Waals surface area (Å²) in [6.07, 6.45) is 7.24. The molecule has 0 saturated heterocycles. The Balaban J connectivity index is 0.000000325. The first-order valence-electron chi connectivity index (χ1n) is 17.9. The van der Waals surface area contributed by atoms with E-state index in [2.05, 4.69) is 50.9 Å². The average Bonchev–Trinajstić information content (AvgIpc) is 3.19. The molecular formula is C43H46N6O3. The number of aryl methyl sites for hydroxylation is 1. The molecule has 1 amide bonds. The van der Waals surface area contributed by atoms with Crippen molar-refractivity contribution in [1.29, 1.82) is 0 Å². The van der Waals surface area contributed by atoms with Crippen LogP contribution in [0.4, 0.5) is 0 Å². The van der Waals surface area contributed by atoms with E-state index in [0.29, 0.717) is 31.6 Å². The van der Waals surface area contributed by atoms with Crippen LogP contribution in [0.2, 0.25) is 0 Å². The second kappa shape index (κ2) is 17.6. The fourth-order valence-electron chi connectivity index (χ4n) is 7.13. The zero-order valence-electron chi connectivity index (χ0n) is 29.2. The van der Waals surface area contributed by atoms with Gasteiger partial charge in [0.2, 0.25) is 0 Å². The van der Waals surface area contributed by atoms with E-state index < -0.39 is 17.9 Å². The highest BCUT2D eigenvalue weighted by Gasteiger charge is 2.29. The lowest BCUT2D eigenvalue weighted by Gasteiger charge is -2.29. The maximum atomic E-state index is 13.4. The molecule has 1 aliphatic carbocycles. The summed E-state index contributed by atoms with van der Waals surface area (Å²) in [6.45, 7) is 1.84. The molecule has 9 heteroatoms. The second-order valence-electron chi connectivity index (χ2n) is 13.2. The van der Waals surface area contributed by atoms with Crippen LogP contribution in [0.1, 0.15) is 70.0 Å². The first kappa shape index (κ1) is 36.3. The van der Waals surface area contributed by atoms with E-state index in [1.807, 2.05) is 72.8 Å². The minimum absolute atomic E-state index is 0.0952. The number of carbonyl (C=O) groups excluding carboxylic acids is 1. The third kappa shape index (κ3) is 8.87. The number of carbonyl (C=O) groups is 2. The van der Waals surface area contributed by atoms with E-state index in [1.54, 1.807) is 18.5 Å². The van der Waals surface area contributed by atoms with Crippen molar-refractivity contribution in [2.24, 2.45) is 11.5 Å². The molecule has 7 N–H and O–H groups in total. The number of carboxylic acid groups (broad SMARTS) is 1. The van der Waals surface area contributed by atoms with Gasteiger partial charge in [-0.3, -0.25) is 14.8 Å². The van der Waals surface area contributed by atoms with Gasteiger partial charge in [0, 0.05) is 55.2 Å². The van der Waals surface area contributed by atoms with E-state index in [4.69, 9.17) is 11.5 Å². The number of aromatic nitrogens is 2. The van der Waals surface area contributed by atoms with Crippen LogP contribution in [0.3, 0.4) is 0 Å². The number of aliphatic carboxylic acids is 1. The molecule has 2 aromatic heterocycles. The van der Waals surface area contributed by atoms with Gasteiger partial charge in [-0.1, -0.05) is 84.9 Å². The Morgan fingerprint density at radius 1 is 0.769 bits per heavy atom. The number of nitrogens with one attached hydrogen (secondary N) is 2. The molecule has 0 saturated carbocycles. The van der Waals surface area contributed by atoms with Crippen molar-refractivity contribution in [3.8, 4) is 0 Å². The summed E-state index contributed by atoms with van der Waals surface area (Å²) in [5.74, 6) is -1.38. The van der Waals surface area contributed by atoms with Crippen LogP contribution in [0, 0.1) is 0 Å². The molecule has 0 radical (unpaired) electrons. The molecule has 9 nitrogen and oxygen atoms in total. The number of carboxylic acids is 1. The van der Waals surface area contributed by atoms with Crippen LogP contribution in [0.15, 0.2) is 122 Å². The standard InChI is InChI=1S/C32H35N5O3.C11H11N/c33-28(27-12-5-7-21-8-6-18-36-30(21)27)15-16-29(32(39)40)37-31(38)26-14-13-22(24-10-1-2-11-25(24)26)19-34-20-23-9-3-4-17-35-23;12-8-10-6-3-5-9-4-1-2-7-11(9)10/h1-4,6,8-11,13-14,17-18,27-29,34H,5,7,12,15-16,19-20,33H2,(H,37,38)(H,39,40);1-7H,8,12H2/t27-,28?,29-;/m0./s1. The van der Waals surface area contributed by atoms with E-state index in [9.17, 15) is 14.7 Å². The molecule has 0 aliphatic heterocycles. The van der Waals surface area contributed by atoms with Crippen molar-refractivity contribution in [2.45, 2.75) is 69.7 Å². The molecular weight excluding hydrogens is 649 g/mol. The average molecular weight is 695 g/mol. The number of nitrogens with two attached hydrogens (primary N) is 2. The number of pyridine rings is 2. The van der Waals surface area contributed by atoms with Crippen LogP contribution >= 0.6 is 0 Å². The zero-order chi connectivity index (χ0) is 36.3. The van der Waals surface area contributed by atoms with Gasteiger partial charge >= 0.3 is 5.97 Å². The molecule has 1 aliphatic rings. The Bertz CT molecular complexity index is 2120. The summed E-state index contributed by atoms with van der Waals surface area (Å²) in [5, 5.41) is 20.3. The van der Waals surface area contributed by atoms with Crippen LogP contribution in [-0.2, 0) is 30.8 Å². The Hall–Kier alpha value is -5.48. The first-order valence-corrected chi connectivity index (χ1v) is 17.9.